The number of likely N-dealkylation sites (tertiary alicyclic amines) is 2. The largest absolute Gasteiger partial charge is 0.265 e. The number of hydrogen-bond donors (Lipinski definition) is 0. The van der Waals surface area contributed by atoms with Gasteiger partial charge in [-0.3, -0.25) is 9.80 Å². The summed E-state index contributed by atoms with van der Waals surface area (Å²) < 4.78 is 0. The first kappa shape index (κ1) is 30.5. The van der Waals surface area contributed by atoms with Crippen molar-refractivity contribution in [3.05, 3.63) is 199 Å². The Morgan fingerprint density at radius 2 is 0.529 bits per heavy atom. The van der Waals surface area contributed by atoms with Crippen molar-refractivity contribution in [1.82, 2.24) is 9.80 Å². The van der Waals surface area contributed by atoms with Crippen LogP contribution in [0.2, 0.25) is 0 Å². The van der Waals surface area contributed by atoms with Crippen molar-refractivity contribution >= 4 is 43.1 Å². The van der Waals surface area contributed by atoms with E-state index >= 15 is 0 Å². The SMILES string of the molecule is [C](N1[C@@H](c2cccc3ccccc23)CC[C@@H]1c1cccc2ccccc12)N1[C@@H](c2cccc3ccccc23)CC[C@@H]1c1cccc2ccccc12. The third kappa shape index (κ3) is 5.25. The molecule has 2 saturated heterocycles. The van der Waals surface area contributed by atoms with Gasteiger partial charge in [-0.15, -0.1) is 0 Å². The Hall–Kier alpha value is -5.28. The quantitative estimate of drug-likeness (QED) is 0.176. The molecule has 51 heavy (non-hydrogen) atoms. The second kappa shape index (κ2) is 12.8. The molecule has 0 aliphatic carbocycles. The molecule has 4 atom stereocenters. The monoisotopic (exact) mass is 656 g/mol. The molecule has 8 aromatic carbocycles. The molecule has 0 N–H and O–H groups in total. The van der Waals surface area contributed by atoms with Crippen molar-refractivity contribution in [3.63, 3.8) is 0 Å². The van der Waals surface area contributed by atoms with Gasteiger partial charge >= 0.3 is 0 Å². The lowest BCUT2D eigenvalue weighted by atomic mass is 9.96. The zero-order chi connectivity index (χ0) is 33.7. The van der Waals surface area contributed by atoms with Gasteiger partial charge in [0.2, 0.25) is 0 Å². The Labute approximate surface area is 300 Å². The van der Waals surface area contributed by atoms with Gasteiger partial charge in [0.25, 0.3) is 0 Å². The van der Waals surface area contributed by atoms with Crippen LogP contribution in [0.5, 0.6) is 0 Å². The van der Waals surface area contributed by atoms with Gasteiger partial charge in [0.05, 0.1) is 0 Å². The molecule has 0 aromatic heterocycles. The number of rotatable bonds is 6. The first-order valence-corrected chi connectivity index (χ1v) is 18.6. The number of hydrogen-bond acceptors (Lipinski definition) is 2. The third-order valence-corrected chi connectivity index (χ3v) is 11.7. The third-order valence-electron chi connectivity index (χ3n) is 11.7. The Morgan fingerprint density at radius 1 is 0.294 bits per heavy atom. The fraction of sp³-hybridized carbons (Fsp3) is 0.163. The number of nitrogens with zero attached hydrogens (tertiary/aromatic N) is 2. The molecule has 0 saturated carbocycles. The van der Waals surface area contributed by atoms with E-state index in [1.165, 1.54) is 65.3 Å². The Balaban J connectivity index is 1.16. The maximum absolute atomic E-state index is 4.30. The summed E-state index contributed by atoms with van der Waals surface area (Å²) in [6.07, 6.45) is 4.28. The van der Waals surface area contributed by atoms with Crippen LogP contribution in [0.4, 0.5) is 0 Å². The van der Waals surface area contributed by atoms with Crippen molar-refractivity contribution in [2.24, 2.45) is 0 Å². The highest BCUT2D eigenvalue weighted by atomic mass is 15.4. The van der Waals surface area contributed by atoms with E-state index in [-0.39, 0.29) is 24.2 Å². The molecule has 2 nitrogen and oxygen atoms in total. The van der Waals surface area contributed by atoms with Crippen LogP contribution in [-0.2, 0) is 0 Å². The summed E-state index contributed by atoms with van der Waals surface area (Å²) in [6.45, 7) is 4.30. The lowest BCUT2D eigenvalue weighted by Crippen LogP contribution is -2.35. The zero-order valence-electron chi connectivity index (χ0n) is 28.7. The first-order chi connectivity index (χ1) is 25.3. The van der Waals surface area contributed by atoms with Crippen LogP contribution in [0.1, 0.15) is 72.1 Å². The van der Waals surface area contributed by atoms with Gasteiger partial charge in [-0.2, -0.15) is 0 Å². The molecule has 2 fully saturated rings. The summed E-state index contributed by atoms with van der Waals surface area (Å²) in [6, 6.07) is 63.8. The highest BCUT2D eigenvalue weighted by Gasteiger charge is 2.44. The highest BCUT2D eigenvalue weighted by Crippen LogP contribution is 2.53. The highest BCUT2D eigenvalue weighted by molar-refractivity contribution is 5.89. The maximum Gasteiger partial charge on any atom is 0.148 e. The molecule has 2 aliphatic rings. The Morgan fingerprint density at radius 3 is 0.804 bits per heavy atom. The fourth-order valence-corrected chi connectivity index (χ4v) is 9.42. The minimum Gasteiger partial charge on any atom is -0.265 e. The minimum atomic E-state index is 0.196. The summed E-state index contributed by atoms with van der Waals surface area (Å²) in [5, 5.41) is 10.6. The summed E-state index contributed by atoms with van der Waals surface area (Å²) in [5.41, 5.74) is 5.58. The molecule has 2 heteroatoms. The van der Waals surface area contributed by atoms with Gasteiger partial charge in [0, 0.05) is 24.2 Å². The molecule has 0 spiro atoms. The average Bonchev–Trinajstić information content (AvgIpc) is 3.81. The summed E-state index contributed by atoms with van der Waals surface area (Å²) >= 11 is 0. The molecule has 8 aromatic rings. The second-order valence-corrected chi connectivity index (χ2v) is 14.4. The van der Waals surface area contributed by atoms with Gasteiger partial charge in [-0.25, -0.2) is 0 Å². The van der Waals surface area contributed by atoms with Crippen LogP contribution in [0, 0.1) is 6.67 Å². The molecule has 2 heterocycles. The van der Waals surface area contributed by atoms with Gasteiger partial charge in [-0.05, 0) is 91.0 Å². The molecular weight excluding hydrogens is 617 g/mol. The number of fused-ring (bicyclic) bond motifs is 4. The summed E-state index contributed by atoms with van der Waals surface area (Å²) in [4.78, 5) is 5.29. The van der Waals surface area contributed by atoms with Gasteiger partial charge < -0.3 is 0 Å². The molecule has 0 amide bonds. The summed E-state index contributed by atoms with van der Waals surface area (Å²) in [7, 11) is 0. The predicted octanol–water partition coefficient (Wildman–Crippen LogP) is 12.8. The van der Waals surface area contributed by atoms with E-state index in [2.05, 4.69) is 186 Å². The zero-order valence-corrected chi connectivity index (χ0v) is 28.7. The van der Waals surface area contributed by atoms with E-state index in [9.17, 15) is 0 Å². The molecule has 0 bridgehead atoms. The van der Waals surface area contributed by atoms with Gasteiger partial charge in [0.15, 0.2) is 0 Å². The van der Waals surface area contributed by atoms with E-state index < -0.39 is 0 Å². The molecule has 10 rings (SSSR count). The Kier molecular flexibility index (Phi) is 7.66. The lowest BCUT2D eigenvalue weighted by Gasteiger charge is -2.39. The van der Waals surface area contributed by atoms with E-state index in [1.807, 2.05) is 0 Å². The first-order valence-electron chi connectivity index (χ1n) is 18.6. The molecular formula is C49H40N2. The second-order valence-electron chi connectivity index (χ2n) is 14.4. The van der Waals surface area contributed by atoms with Crippen molar-refractivity contribution in [2.75, 3.05) is 0 Å². The van der Waals surface area contributed by atoms with E-state index in [0.717, 1.165) is 25.7 Å². The standard InChI is InChI=1S/C49H40N2/c1-5-21-38-34(13-1)17-9-25-42(38)46-29-30-47(43-26-10-18-35-14-2-6-22-39(35)43)50(46)33-51-48(44-27-11-19-36-15-3-7-23-40(36)44)31-32-49(51)45-28-12-20-37-16-4-8-24-41(37)45/h1-28,46-49H,29-32H2/t46-,47-,48-,49-/m1/s1. The van der Waals surface area contributed by atoms with Crippen LogP contribution in [0.15, 0.2) is 170 Å². The molecule has 2 radical (unpaired) electrons. The predicted molar refractivity (Wildman–Crippen MR) is 212 cm³/mol. The lowest BCUT2D eigenvalue weighted by molar-refractivity contribution is 0.114. The van der Waals surface area contributed by atoms with Crippen LogP contribution in [0.3, 0.4) is 0 Å². The number of benzene rings is 8. The van der Waals surface area contributed by atoms with Crippen molar-refractivity contribution in [1.29, 1.82) is 0 Å². The molecule has 2 aliphatic heterocycles. The maximum atomic E-state index is 4.30. The Bertz CT molecular complexity index is 2160. The molecule has 0 unspecified atom stereocenters. The van der Waals surface area contributed by atoms with Crippen LogP contribution in [-0.4, -0.2) is 9.80 Å². The van der Waals surface area contributed by atoms with Gasteiger partial charge in [-0.1, -0.05) is 170 Å². The van der Waals surface area contributed by atoms with E-state index in [1.54, 1.807) is 0 Å². The fourth-order valence-electron chi connectivity index (χ4n) is 9.42. The van der Waals surface area contributed by atoms with E-state index in [4.69, 9.17) is 0 Å². The smallest absolute Gasteiger partial charge is 0.148 e. The topological polar surface area (TPSA) is 6.48 Å². The van der Waals surface area contributed by atoms with Crippen LogP contribution >= 0.6 is 0 Å². The van der Waals surface area contributed by atoms with Gasteiger partial charge in [0.1, 0.15) is 6.67 Å². The minimum absolute atomic E-state index is 0.196. The van der Waals surface area contributed by atoms with Crippen LogP contribution in [0.25, 0.3) is 43.1 Å². The average molecular weight is 657 g/mol. The normalized spacial score (nSPS) is 21.3. The van der Waals surface area contributed by atoms with Crippen molar-refractivity contribution < 1.29 is 0 Å². The van der Waals surface area contributed by atoms with Crippen LogP contribution < -0.4 is 0 Å². The molecule has 246 valence electrons. The van der Waals surface area contributed by atoms with Crippen molar-refractivity contribution in [2.45, 2.75) is 49.9 Å². The van der Waals surface area contributed by atoms with E-state index in [0.29, 0.717) is 0 Å². The summed E-state index contributed by atoms with van der Waals surface area (Å²) in [5.74, 6) is 0. The van der Waals surface area contributed by atoms with Crippen molar-refractivity contribution in [3.8, 4) is 0 Å².